The van der Waals surface area contributed by atoms with Crippen molar-refractivity contribution < 1.29 is 24.6 Å². The van der Waals surface area contributed by atoms with Gasteiger partial charge in [0.05, 0.1) is 6.10 Å². The molecule has 6 nitrogen and oxygen atoms in total. The van der Waals surface area contributed by atoms with Crippen molar-refractivity contribution in [3.8, 4) is 0 Å². The van der Waals surface area contributed by atoms with Crippen molar-refractivity contribution in [1.82, 2.24) is 5.32 Å². The summed E-state index contributed by atoms with van der Waals surface area (Å²) >= 11 is 0. The van der Waals surface area contributed by atoms with E-state index >= 15 is 0 Å². The Morgan fingerprint density at radius 2 is 1.86 bits per heavy atom. The number of rotatable bonds is 5. The number of carbonyl (C=O) groups excluding carboxylic acids is 3. The fraction of sp³-hybridized carbons (Fsp3) is 0.690. The summed E-state index contributed by atoms with van der Waals surface area (Å²) < 4.78 is 0. The molecule has 1 amide bonds. The van der Waals surface area contributed by atoms with Crippen molar-refractivity contribution in [2.24, 2.45) is 52.3 Å². The van der Waals surface area contributed by atoms with Gasteiger partial charge in [0.25, 0.3) is 0 Å². The number of carbonyl (C=O) groups is 3. The van der Waals surface area contributed by atoms with E-state index in [-0.39, 0.29) is 29.5 Å². The quantitative estimate of drug-likeness (QED) is 0.315. The van der Waals surface area contributed by atoms with Crippen molar-refractivity contribution in [3.05, 3.63) is 36.5 Å². The minimum Gasteiger partial charge on any atom is -0.393 e. The summed E-state index contributed by atoms with van der Waals surface area (Å²) in [7, 11) is 0. The average Bonchev–Trinajstić information content (AvgIpc) is 3.03. The monoisotopic (exact) mass is 483 g/mol. The first kappa shape index (κ1) is 26.0. The molecule has 3 N–H and O–H groups in total. The van der Waals surface area contributed by atoms with E-state index in [4.69, 9.17) is 0 Å². The van der Waals surface area contributed by atoms with Gasteiger partial charge in [-0.05, 0) is 55.3 Å². The Hall–Kier alpha value is -2.05. The van der Waals surface area contributed by atoms with Crippen LogP contribution in [0.15, 0.2) is 36.5 Å². The summed E-state index contributed by atoms with van der Waals surface area (Å²) in [6.07, 6.45) is 12.7. The molecule has 11 unspecified atom stereocenters. The molecule has 2 saturated carbocycles. The highest BCUT2D eigenvalue weighted by Gasteiger charge is 2.72. The number of Topliss-reactive ketones (excluding diaryl/α,β-unsaturated/α-hetero) is 2. The van der Waals surface area contributed by atoms with Crippen LogP contribution in [0.25, 0.3) is 0 Å². The predicted molar refractivity (Wildman–Crippen MR) is 134 cm³/mol. The lowest BCUT2D eigenvalue weighted by Gasteiger charge is -2.58. The summed E-state index contributed by atoms with van der Waals surface area (Å²) in [6.45, 7) is 10.3. The van der Waals surface area contributed by atoms with E-state index in [1.54, 1.807) is 18.2 Å². The van der Waals surface area contributed by atoms with E-state index in [0.717, 1.165) is 12.8 Å². The number of amides is 1. The second-order valence-corrected chi connectivity index (χ2v) is 11.8. The van der Waals surface area contributed by atoms with Crippen LogP contribution in [0.3, 0.4) is 0 Å². The van der Waals surface area contributed by atoms with Crippen LogP contribution in [-0.2, 0) is 14.4 Å². The van der Waals surface area contributed by atoms with Crippen molar-refractivity contribution >= 4 is 17.5 Å². The summed E-state index contributed by atoms with van der Waals surface area (Å²) in [6, 6.07) is 0. The number of aliphatic hydroxyl groups excluding tert-OH is 2. The normalized spacial score (nSPS) is 45.1. The number of aliphatic hydroxyl groups is 2. The first-order valence-corrected chi connectivity index (χ1v) is 13.3. The van der Waals surface area contributed by atoms with E-state index in [1.807, 2.05) is 26.8 Å². The SMILES string of the molecule is CCC(O)C(C)/C=C/C=C/C1CC2C=CC3CC(C)CC(C)C3C2(C)C(=O)C12C(=O)NC(O)C2=O. The first-order chi connectivity index (χ1) is 16.5. The molecule has 1 aliphatic heterocycles. The number of ketones is 2. The van der Waals surface area contributed by atoms with E-state index < -0.39 is 40.8 Å². The van der Waals surface area contributed by atoms with Crippen LogP contribution >= 0.6 is 0 Å². The summed E-state index contributed by atoms with van der Waals surface area (Å²) in [5.74, 6) is -1.29. The highest BCUT2D eigenvalue weighted by atomic mass is 16.3. The molecule has 4 aliphatic rings. The molecule has 1 spiro atoms. The van der Waals surface area contributed by atoms with Gasteiger partial charge in [-0.2, -0.15) is 0 Å². The zero-order chi connectivity index (χ0) is 25.7. The lowest BCUT2D eigenvalue weighted by molar-refractivity contribution is -0.169. The summed E-state index contributed by atoms with van der Waals surface area (Å²) in [5.41, 5.74) is -2.74. The first-order valence-electron chi connectivity index (χ1n) is 13.3. The molecular formula is C29H41NO5. The molecule has 11 atom stereocenters. The predicted octanol–water partition coefficient (Wildman–Crippen LogP) is 3.59. The number of allylic oxidation sites excluding steroid dienone is 5. The molecule has 35 heavy (non-hydrogen) atoms. The van der Waals surface area contributed by atoms with Crippen LogP contribution in [0, 0.1) is 52.3 Å². The highest BCUT2D eigenvalue weighted by molar-refractivity contribution is 6.30. The number of nitrogens with one attached hydrogen (secondary N) is 1. The molecule has 1 saturated heterocycles. The fourth-order valence-corrected chi connectivity index (χ4v) is 7.91. The van der Waals surface area contributed by atoms with Gasteiger partial charge in [-0.3, -0.25) is 14.4 Å². The zero-order valence-corrected chi connectivity index (χ0v) is 21.6. The van der Waals surface area contributed by atoms with Crippen molar-refractivity contribution in [2.75, 3.05) is 0 Å². The molecule has 0 aromatic rings. The maximum atomic E-state index is 14.5. The van der Waals surface area contributed by atoms with Gasteiger partial charge in [0, 0.05) is 17.3 Å². The van der Waals surface area contributed by atoms with Crippen LogP contribution in [-0.4, -0.2) is 40.0 Å². The maximum Gasteiger partial charge on any atom is 0.244 e. The van der Waals surface area contributed by atoms with Crippen LogP contribution in [0.2, 0.25) is 0 Å². The molecule has 3 fully saturated rings. The Bertz CT molecular complexity index is 968. The Labute approximate surface area is 208 Å². The van der Waals surface area contributed by atoms with Gasteiger partial charge in [0.15, 0.2) is 17.4 Å². The topological polar surface area (TPSA) is 104 Å². The molecule has 0 bridgehead atoms. The molecule has 0 aromatic carbocycles. The lowest BCUT2D eigenvalue weighted by atomic mass is 9.42. The lowest BCUT2D eigenvalue weighted by Crippen LogP contribution is -2.65. The van der Waals surface area contributed by atoms with Gasteiger partial charge in [-0.15, -0.1) is 0 Å². The van der Waals surface area contributed by atoms with Crippen molar-refractivity contribution in [3.63, 3.8) is 0 Å². The molecule has 4 rings (SSSR count). The van der Waals surface area contributed by atoms with E-state index in [9.17, 15) is 24.6 Å². The Balaban J connectivity index is 1.75. The van der Waals surface area contributed by atoms with Crippen molar-refractivity contribution in [1.29, 1.82) is 0 Å². The van der Waals surface area contributed by atoms with Crippen molar-refractivity contribution in [2.45, 2.75) is 72.6 Å². The van der Waals surface area contributed by atoms with Crippen LogP contribution in [0.1, 0.15) is 60.3 Å². The Morgan fingerprint density at radius 1 is 1.14 bits per heavy atom. The molecular weight excluding hydrogens is 442 g/mol. The fourth-order valence-electron chi connectivity index (χ4n) is 7.91. The number of hydrogen-bond donors (Lipinski definition) is 3. The smallest absolute Gasteiger partial charge is 0.244 e. The maximum absolute atomic E-state index is 14.5. The minimum absolute atomic E-state index is 0.0403. The van der Waals surface area contributed by atoms with E-state index in [0.29, 0.717) is 24.7 Å². The number of hydrogen-bond acceptors (Lipinski definition) is 5. The van der Waals surface area contributed by atoms with Crippen LogP contribution in [0.5, 0.6) is 0 Å². The second-order valence-electron chi connectivity index (χ2n) is 11.8. The molecule has 0 aromatic heterocycles. The third kappa shape index (κ3) is 3.88. The molecule has 192 valence electrons. The standard InChI is InChI=1S/C29H41NO5/c1-6-22(31)17(3)9-7-8-10-21-15-20-12-11-19-14-16(2)13-18(4)23(19)28(20,5)26(34)29(21)24(32)25(33)30-27(29)35/h7-12,16-23,25,31,33H,6,13-15H2,1-5H3,(H,30,35)/b9-7+,10-8+. The molecule has 6 heteroatoms. The summed E-state index contributed by atoms with van der Waals surface area (Å²) in [4.78, 5) is 41.3. The van der Waals surface area contributed by atoms with Crippen LogP contribution < -0.4 is 5.32 Å². The van der Waals surface area contributed by atoms with Gasteiger partial charge >= 0.3 is 0 Å². The van der Waals surface area contributed by atoms with Gasteiger partial charge in [0.1, 0.15) is 0 Å². The van der Waals surface area contributed by atoms with E-state index in [1.165, 1.54) is 0 Å². The van der Waals surface area contributed by atoms with Gasteiger partial charge in [-0.1, -0.05) is 71.1 Å². The second kappa shape index (κ2) is 9.44. The third-order valence-corrected chi connectivity index (χ3v) is 9.65. The van der Waals surface area contributed by atoms with Gasteiger partial charge in [0.2, 0.25) is 11.7 Å². The summed E-state index contributed by atoms with van der Waals surface area (Å²) in [5, 5.41) is 22.7. The Kier molecular flexibility index (Phi) is 7.02. The number of fused-ring (bicyclic) bond motifs is 3. The Morgan fingerprint density at radius 3 is 2.49 bits per heavy atom. The highest BCUT2D eigenvalue weighted by Crippen LogP contribution is 2.62. The molecule has 0 radical (unpaired) electrons. The average molecular weight is 484 g/mol. The largest absolute Gasteiger partial charge is 0.393 e. The minimum atomic E-state index is -1.90. The molecule has 3 aliphatic carbocycles. The van der Waals surface area contributed by atoms with E-state index in [2.05, 4.69) is 31.3 Å². The van der Waals surface area contributed by atoms with Gasteiger partial charge in [-0.25, -0.2) is 0 Å². The van der Waals surface area contributed by atoms with Crippen LogP contribution in [0.4, 0.5) is 0 Å². The third-order valence-electron chi connectivity index (χ3n) is 9.65. The van der Waals surface area contributed by atoms with Gasteiger partial charge < -0.3 is 15.5 Å². The zero-order valence-electron chi connectivity index (χ0n) is 21.6. The molecule has 1 heterocycles.